The number of carboxylic acid groups (broad SMARTS) is 1. The van der Waals surface area contributed by atoms with Gasteiger partial charge in [-0.2, -0.15) is 0 Å². The Balaban J connectivity index is 2.24. The Morgan fingerprint density at radius 1 is 1.28 bits per heavy atom. The van der Waals surface area contributed by atoms with Crippen molar-refractivity contribution >= 4 is 12.2 Å². The molecule has 1 fully saturated rings. The van der Waals surface area contributed by atoms with Crippen molar-refractivity contribution < 1.29 is 19.4 Å². The Kier molecular flexibility index (Phi) is 6.32. The molecule has 0 aromatic carbocycles. The van der Waals surface area contributed by atoms with Crippen molar-refractivity contribution in [3.8, 4) is 0 Å². The van der Waals surface area contributed by atoms with Crippen LogP contribution in [0.4, 0.5) is 9.59 Å². The molecule has 1 saturated carbocycles. The van der Waals surface area contributed by atoms with E-state index in [0.29, 0.717) is 13.0 Å². The van der Waals surface area contributed by atoms with E-state index in [1.807, 2.05) is 6.92 Å². The summed E-state index contributed by atoms with van der Waals surface area (Å²) in [6, 6.07) is -0.0677. The van der Waals surface area contributed by atoms with Crippen LogP contribution in [0, 0.1) is 0 Å². The van der Waals surface area contributed by atoms with E-state index in [1.165, 1.54) is 0 Å². The summed E-state index contributed by atoms with van der Waals surface area (Å²) in [6.45, 7) is 2.47. The van der Waals surface area contributed by atoms with Gasteiger partial charge in [0.25, 0.3) is 0 Å². The fourth-order valence-electron chi connectivity index (χ4n) is 2.14. The second-order valence-electron chi connectivity index (χ2n) is 4.64. The highest BCUT2D eigenvalue weighted by Gasteiger charge is 2.24. The van der Waals surface area contributed by atoms with Crippen molar-refractivity contribution in [3.05, 3.63) is 0 Å². The number of carbonyl (C=O) groups excluding carboxylic acids is 1. The average Bonchev–Trinajstić information content (AvgIpc) is 2.28. The minimum Gasteiger partial charge on any atom is -0.465 e. The zero-order chi connectivity index (χ0) is 13.4. The van der Waals surface area contributed by atoms with Crippen molar-refractivity contribution in [2.24, 2.45) is 0 Å². The van der Waals surface area contributed by atoms with Crippen LogP contribution < -0.4 is 10.6 Å². The van der Waals surface area contributed by atoms with E-state index in [1.54, 1.807) is 0 Å². The molecule has 2 atom stereocenters. The first kappa shape index (κ1) is 14.6. The van der Waals surface area contributed by atoms with Gasteiger partial charge in [0.05, 0.1) is 6.61 Å². The van der Waals surface area contributed by atoms with Gasteiger partial charge < -0.3 is 20.5 Å². The normalized spacial score (nSPS) is 23.2. The van der Waals surface area contributed by atoms with Crippen LogP contribution in [0.5, 0.6) is 0 Å². The van der Waals surface area contributed by atoms with Crippen LogP contribution in [0.25, 0.3) is 0 Å². The lowest BCUT2D eigenvalue weighted by molar-refractivity contribution is 0.136. The molecule has 1 aliphatic rings. The first-order valence-electron chi connectivity index (χ1n) is 6.54. The van der Waals surface area contributed by atoms with Crippen molar-refractivity contribution in [2.45, 2.75) is 57.5 Å². The van der Waals surface area contributed by atoms with Crippen molar-refractivity contribution in [1.82, 2.24) is 10.6 Å². The largest absolute Gasteiger partial charge is 0.465 e. The molecule has 0 spiro atoms. The molecule has 2 unspecified atom stereocenters. The lowest BCUT2D eigenvalue weighted by Gasteiger charge is -2.29. The van der Waals surface area contributed by atoms with E-state index in [-0.39, 0.29) is 12.1 Å². The van der Waals surface area contributed by atoms with Crippen LogP contribution in [-0.2, 0) is 4.74 Å². The van der Waals surface area contributed by atoms with Crippen molar-refractivity contribution in [2.75, 3.05) is 6.61 Å². The summed E-state index contributed by atoms with van der Waals surface area (Å²) in [5, 5.41) is 13.9. The van der Waals surface area contributed by atoms with Gasteiger partial charge in [0, 0.05) is 12.1 Å². The SMILES string of the molecule is CCCCOC(=O)NC1CCCC(NC(=O)O)C1. The van der Waals surface area contributed by atoms with Crippen LogP contribution in [0.2, 0.25) is 0 Å². The Hall–Kier alpha value is -1.46. The van der Waals surface area contributed by atoms with Crippen molar-refractivity contribution in [1.29, 1.82) is 0 Å². The summed E-state index contributed by atoms with van der Waals surface area (Å²) in [5.41, 5.74) is 0. The zero-order valence-corrected chi connectivity index (χ0v) is 10.8. The van der Waals surface area contributed by atoms with E-state index < -0.39 is 12.2 Å². The van der Waals surface area contributed by atoms with Crippen LogP contribution in [0.1, 0.15) is 45.4 Å². The van der Waals surface area contributed by atoms with Crippen LogP contribution in [-0.4, -0.2) is 36.0 Å². The van der Waals surface area contributed by atoms with Gasteiger partial charge in [0.15, 0.2) is 0 Å². The minimum atomic E-state index is -1.01. The highest BCUT2D eigenvalue weighted by atomic mass is 16.5. The third-order valence-electron chi connectivity index (χ3n) is 3.05. The molecule has 3 N–H and O–H groups in total. The van der Waals surface area contributed by atoms with E-state index in [0.717, 1.165) is 32.1 Å². The second kappa shape index (κ2) is 7.79. The number of carbonyl (C=O) groups is 2. The molecular weight excluding hydrogens is 236 g/mol. The van der Waals surface area contributed by atoms with Crippen molar-refractivity contribution in [3.63, 3.8) is 0 Å². The molecule has 2 amide bonds. The van der Waals surface area contributed by atoms with E-state index in [2.05, 4.69) is 10.6 Å². The van der Waals surface area contributed by atoms with Gasteiger partial charge in [-0.1, -0.05) is 13.3 Å². The topological polar surface area (TPSA) is 87.7 Å². The summed E-state index contributed by atoms with van der Waals surface area (Å²) >= 11 is 0. The molecule has 1 rings (SSSR count). The molecule has 0 aliphatic heterocycles. The van der Waals surface area contributed by atoms with Gasteiger partial charge in [-0.05, 0) is 32.1 Å². The number of hydrogen-bond acceptors (Lipinski definition) is 3. The number of alkyl carbamates (subject to hydrolysis) is 1. The molecule has 6 nitrogen and oxygen atoms in total. The number of ether oxygens (including phenoxy) is 1. The molecule has 6 heteroatoms. The molecule has 0 bridgehead atoms. The van der Waals surface area contributed by atoms with Crippen LogP contribution in [0.3, 0.4) is 0 Å². The average molecular weight is 258 g/mol. The predicted molar refractivity (Wildman–Crippen MR) is 66.6 cm³/mol. The lowest BCUT2D eigenvalue weighted by atomic mass is 9.91. The number of amides is 2. The number of hydrogen-bond donors (Lipinski definition) is 3. The summed E-state index contributed by atoms with van der Waals surface area (Å²) in [5.74, 6) is 0. The molecule has 18 heavy (non-hydrogen) atoms. The maximum absolute atomic E-state index is 11.4. The van der Waals surface area contributed by atoms with E-state index >= 15 is 0 Å². The van der Waals surface area contributed by atoms with Gasteiger partial charge in [-0.15, -0.1) is 0 Å². The zero-order valence-electron chi connectivity index (χ0n) is 10.8. The van der Waals surface area contributed by atoms with E-state index in [4.69, 9.17) is 9.84 Å². The Labute approximate surface area is 107 Å². The number of rotatable bonds is 5. The lowest BCUT2D eigenvalue weighted by Crippen LogP contribution is -2.45. The summed E-state index contributed by atoms with van der Waals surface area (Å²) < 4.78 is 5.01. The van der Waals surface area contributed by atoms with Gasteiger partial charge in [0.2, 0.25) is 0 Å². The highest BCUT2D eigenvalue weighted by Crippen LogP contribution is 2.18. The standard InChI is InChI=1S/C12H22N2O4/c1-2-3-7-18-12(17)14-10-6-4-5-9(8-10)13-11(15)16/h9-10,13H,2-8H2,1H3,(H,14,17)(H,15,16). The molecule has 0 aromatic heterocycles. The molecule has 0 saturated heterocycles. The fraction of sp³-hybridized carbons (Fsp3) is 0.833. The van der Waals surface area contributed by atoms with Gasteiger partial charge in [0.1, 0.15) is 0 Å². The summed E-state index contributed by atoms with van der Waals surface area (Å²) in [6.07, 6.45) is 3.69. The maximum Gasteiger partial charge on any atom is 0.407 e. The Bertz CT molecular complexity index is 283. The van der Waals surface area contributed by atoms with Crippen LogP contribution in [0.15, 0.2) is 0 Å². The first-order valence-corrected chi connectivity index (χ1v) is 6.54. The quantitative estimate of drug-likeness (QED) is 0.659. The van der Waals surface area contributed by atoms with E-state index in [9.17, 15) is 9.59 Å². The molecule has 1 aliphatic carbocycles. The molecule has 0 radical (unpaired) electrons. The smallest absolute Gasteiger partial charge is 0.407 e. The third kappa shape index (κ3) is 5.75. The molecule has 0 aromatic rings. The number of unbranched alkanes of at least 4 members (excludes halogenated alkanes) is 1. The molecular formula is C12H22N2O4. The molecule has 104 valence electrons. The van der Waals surface area contributed by atoms with Gasteiger partial charge >= 0.3 is 12.2 Å². The molecule has 0 heterocycles. The van der Waals surface area contributed by atoms with Gasteiger partial charge in [-0.3, -0.25) is 0 Å². The fourth-order valence-corrected chi connectivity index (χ4v) is 2.14. The Morgan fingerprint density at radius 3 is 2.56 bits per heavy atom. The Morgan fingerprint density at radius 2 is 1.94 bits per heavy atom. The van der Waals surface area contributed by atoms with Gasteiger partial charge in [-0.25, -0.2) is 9.59 Å². The second-order valence-corrected chi connectivity index (χ2v) is 4.64. The van der Waals surface area contributed by atoms with Crippen LogP contribution >= 0.6 is 0 Å². The summed E-state index contributed by atoms with van der Waals surface area (Å²) in [7, 11) is 0. The first-order chi connectivity index (χ1) is 8.61. The summed E-state index contributed by atoms with van der Waals surface area (Å²) in [4.78, 5) is 22.0. The monoisotopic (exact) mass is 258 g/mol. The third-order valence-corrected chi connectivity index (χ3v) is 3.05. The number of nitrogens with one attached hydrogen (secondary N) is 2. The predicted octanol–water partition coefficient (Wildman–Crippen LogP) is 2.09. The maximum atomic E-state index is 11.4. The highest BCUT2D eigenvalue weighted by molar-refractivity contribution is 5.67. The minimum absolute atomic E-state index is 0.00438.